The quantitative estimate of drug-likeness (QED) is 0.340. The normalized spacial score (nSPS) is 11.0. The Balaban J connectivity index is 1.57. The highest BCUT2D eigenvalue weighted by molar-refractivity contribution is 6.34. The molecule has 0 aliphatic heterocycles. The van der Waals surface area contributed by atoms with E-state index in [-0.39, 0.29) is 11.8 Å². The molecule has 0 saturated heterocycles. The molecule has 8 nitrogen and oxygen atoms in total. The first kappa shape index (κ1) is 23.3. The van der Waals surface area contributed by atoms with Gasteiger partial charge in [0.2, 0.25) is 0 Å². The molecule has 0 unspecified atom stereocenters. The van der Waals surface area contributed by atoms with E-state index in [4.69, 9.17) is 21.0 Å². The van der Waals surface area contributed by atoms with Crippen molar-refractivity contribution in [2.75, 3.05) is 19.4 Å². The van der Waals surface area contributed by atoms with Crippen LogP contribution in [0.15, 0.2) is 83.6 Å². The number of fused-ring (bicyclic) bond motifs is 1. The summed E-state index contributed by atoms with van der Waals surface area (Å²) >= 11 is 6.23. The zero-order chi connectivity index (χ0) is 25.2. The number of nitrogens with zero attached hydrogens (tertiary/aromatic N) is 4. The van der Waals surface area contributed by atoms with Gasteiger partial charge in [0.05, 0.1) is 39.7 Å². The van der Waals surface area contributed by atoms with Gasteiger partial charge in [-0.1, -0.05) is 41.9 Å². The molecule has 0 fully saturated rings. The third-order valence-corrected chi connectivity index (χ3v) is 6.00. The van der Waals surface area contributed by atoms with E-state index in [0.29, 0.717) is 45.1 Å². The Morgan fingerprint density at radius 1 is 1.03 bits per heavy atom. The van der Waals surface area contributed by atoms with Crippen LogP contribution in [-0.4, -0.2) is 45.6 Å². The van der Waals surface area contributed by atoms with Crippen LogP contribution in [0.5, 0.6) is 0 Å². The Morgan fingerprint density at radius 3 is 2.56 bits per heavy atom. The minimum atomic E-state index is -0.359. The van der Waals surface area contributed by atoms with Crippen LogP contribution in [0.3, 0.4) is 0 Å². The Bertz CT molecular complexity index is 1560. The van der Waals surface area contributed by atoms with Crippen molar-refractivity contribution in [3.8, 4) is 11.3 Å². The van der Waals surface area contributed by atoms with E-state index in [1.54, 1.807) is 55.5 Å². The van der Waals surface area contributed by atoms with Gasteiger partial charge in [-0.25, -0.2) is 9.67 Å². The fourth-order valence-electron chi connectivity index (χ4n) is 3.86. The minimum absolute atomic E-state index is 0.257. The van der Waals surface area contributed by atoms with Crippen LogP contribution in [0.25, 0.3) is 22.3 Å². The summed E-state index contributed by atoms with van der Waals surface area (Å²) in [5, 5.41) is 8.27. The predicted octanol–water partition coefficient (Wildman–Crippen LogP) is 5.35. The monoisotopic (exact) mass is 499 g/mol. The summed E-state index contributed by atoms with van der Waals surface area (Å²) in [6, 6.07) is 19.8. The van der Waals surface area contributed by atoms with Gasteiger partial charge < -0.3 is 14.6 Å². The summed E-state index contributed by atoms with van der Waals surface area (Å²) in [4.78, 5) is 32.2. The van der Waals surface area contributed by atoms with Gasteiger partial charge in [0.25, 0.3) is 11.8 Å². The van der Waals surface area contributed by atoms with Gasteiger partial charge in [-0.3, -0.25) is 9.59 Å². The lowest BCUT2D eigenvalue weighted by Gasteiger charge is -2.14. The first-order chi connectivity index (χ1) is 17.4. The molecular formula is C27H22ClN5O3. The number of anilines is 1. The van der Waals surface area contributed by atoms with Crippen LogP contribution in [0.2, 0.25) is 5.02 Å². The number of rotatable bonds is 6. The van der Waals surface area contributed by atoms with E-state index in [1.807, 2.05) is 42.5 Å². The second kappa shape index (κ2) is 9.67. The topological polar surface area (TPSA) is 93.3 Å². The highest BCUT2D eigenvalue weighted by Gasteiger charge is 2.20. The summed E-state index contributed by atoms with van der Waals surface area (Å²) in [6.45, 7) is 0.371. The smallest absolute Gasteiger partial charge is 0.256 e. The molecule has 0 atom stereocenters. The number of halogens is 1. The number of nitrogens with one attached hydrogen (secondary N) is 1. The van der Waals surface area contributed by atoms with E-state index in [2.05, 4.69) is 10.4 Å². The molecule has 0 aliphatic rings. The molecule has 36 heavy (non-hydrogen) atoms. The maximum atomic E-state index is 13.5. The van der Waals surface area contributed by atoms with Crippen LogP contribution in [0.4, 0.5) is 5.69 Å². The lowest BCUT2D eigenvalue weighted by molar-refractivity contribution is 0.0827. The Morgan fingerprint density at radius 2 is 1.83 bits per heavy atom. The largest absolute Gasteiger partial charge is 0.467 e. The van der Waals surface area contributed by atoms with Crippen molar-refractivity contribution < 1.29 is 14.0 Å². The molecule has 0 spiro atoms. The molecule has 2 amide bonds. The lowest BCUT2D eigenvalue weighted by atomic mass is 10.1. The summed E-state index contributed by atoms with van der Waals surface area (Å²) in [7, 11) is 3.28. The van der Waals surface area contributed by atoms with Gasteiger partial charge in [0, 0.05) is 25.3 Å². The van der Waals surface area contributed by atoms with Crippen molar-refractivity contribution in [3.05, 3.63) is 101 Å². The van der Waals surface area contributed by atoms with Crippen LogP contribution in [-0.2, 0) is 6.54 Å². The fraction of sp³-hybridized carbons (Fsp3) is 0.111. The Kier molecular flexibility index (Phi) is 6.26. The maximum absolute atomic E-state index is 13.5. The van der Waals surface area contributed by atoms with Crippen LogP contribution in [0, 0.1) is 0 Å². The first-order valence-corrected chi connectivity index (χ1v) is 11.6. The van der Waals surface area contributed by atoms with Gasteiger partial charge in [0.1, 0.15) is 12.3 Å². The SMILES string of the molecule is CN(C)C(=O)c1cc(NC(=O)c2cc(-c3ccccc3)nc3c2cnn3Cc2ccco2)ccc1Cl. The van der Waals surface area contributed by atoms with E-state index in [0.717, 1.165) is 11.3 Å². The van der Waals surface area contributed by atoms with E-state index < -0.39 is 0 Å². The van der Waals surface area contributed by atoms with Crippen LogP contribution >= 0.6 is 11.6 Å². The number of pyridine rings is 1. The number of hydrogen-bond acceptors (Lipinski definition) is 5. The van der Waals surface area contributed by atoms with Gasteiger partial charge >= 0.3 is 0 Å². The zero-order valence-corrected chi connectivity index (χ0v) is 20.4. The number of amides is 2. The van der Waals surface area contributed by atoms with Gasteiger partial charge in [0.15, 0.2) is 5.65 Å². The minimum Gasteiger partial charge on any atom is -0.467 e. The maximum Gasteiger partial charge on any atom is 0.256 e. The molecule has 3 aromatic heterocycles. The molecule has 2 aromatic carbocycles. The number of furan rings is 1. The number of hydrogen-bond donors (Lipinski definition) is 1. The van der Waals surface area contributed by atoms with Gasteiger partial charge in [-0.05, 0) is 36.4 Å². The van der Waals surface area contributed by atoms with Crippen LogP contribution in [0.1, 0.15) is 26.5 Å². The average Bonchev–Trinajstić information content (AvgIpc) is 3.55. The molecule has 0 saturated carbocycles. The zero-order valence-electron chi connectivity index (χ0n) is 19.6. The first-order valence-electron chi connectivity index (χ1n) is 11.2. The molecule has 0 aliphatic carbocycles. The number of benzene rings is 2. The van der Waals surface area contributed by atoms with Gasteiger partial charge in [-0.2, -0.15) is 5.10 Å². The molecule has 5 aromatic rings. The summed E-state index contributed by atoms with van der Waals surface area (Å²) in [5.41, 5.74) is 3.20. The lowest BCUT2D eigenvalue weighted by Crippen LogP contribution is -2.22. The molecular weight excluding hydrogens is 478 g/mol. The number of carbonyl (C=O) groups excluding carboxylic acids is 2. The molecule has 5 rings (SSSR count). The van der Waals surface area contributed by atoms with Gasteiger partial charge in [-0.15, -0.1) is 0 Å². The van der Waals surface area contributed by atoms with Crippen molar-refractivity contribution in [2.45, 2.75) is 6.54 Å². The van der Waals surface area contributed by atoms with Crippen LogP contribution < -0.4 is 5.32 Å². The number of aromatic nitrogens is 3. The predicted molar refractivity (Wildman–Crippen MR) is 138 cm³/mol. The average molecular weight is 500 g/mol. The van der Waals surface area contributed by atoms with Crippen molar-refractivity contribution in [3.63, 3.8) is 0 Å². The van der Waals surface area contributed by atoms with Crippen molar-refractivity contribution in [2.24, 2.45) is 0 Å². The third-order valence-electron chi connectivity index (χ3n) is 5.67. The standard InChI is InChI=1S/C27H22ClN5O3/c1-32(2)27(35)21-13-18(10-11-23(21)28)30-26(34)20-14-24(17-7-4-3-5-8-17)31-25-22(20)15-29-33(25)16-19-9-6-12-36-19/h3-15H,16H2,1-2H3,(H,30,34). The molecule has 1 N–H and O–H groups in total. The van der Waals surface area contributed by atoms with E-state index in [1.165, 1.54) is 4.90 Å². The molecule has 0 bridgehead atoms. The molecule has 3 heterocycles. The number of carbonyl (C=O) groups is 2. The molecule has 9 heteroatoms. The summed E-state index contributed by atoms with van der Waals surface area (Å²) in [6.07, 6.45) is 3.22. The van der Waals surface area contributed by atoms with E-state index >= 15 is 0 Å². The van der Waals surface area contributed by atoms with Crippen molar-refractivity contribution >= 4 is 40.1 Å². The van der Waals surface area contributed by atoms with Crippen molar-refractivity contribution in [1.29, 1.82) is 0 Å². The Labute approximate surface area is 212 Å². The third kappa shape index (κ3) is 4.58. The molecule has 180 valence electrons. The van der Waals surface area contributed by atoms with Crippen molar-refractivity contribution in [1.82, 2.24) is 19.7 Å². The highest BCUT2D eigenvalue weighted by atomic mass is 35.5. The highest BCUT2D eigenvalue weighted by Crippen LogP contribution is 2.27. The van der Waals surface area contributed by atoms with E-state index in [9.17, 15) is 9.59 Å². The molecule has 0 radical (unpaired) electrons. The fourth-order valence-corrected chi connectivity index (χ4v) is 4.06. The summed E-state index contributed by atoms with van der Waals surface area (Å²) in [5.74, 6) is 0.104. The second-order valence-electron chi connectivity index (χ2n) is 8.39. The second-order valence-corrected chi connectivity index (χ2v) is 8.80. The Hall–Kier alpha value is -4.43. The summed E-state index contributed by atoms with van der Waals surface area (Å²) < 4.78 is 7.18.